The number of nitrogens with one attached hydrogen (secondary N) is 1. The molecule has 0 fully saturated rings. The minimum absolute atomic E-state index is 0.249. The second-order valence-electron chi connectivity index (χ2n) is 2.69. The van der Waals surface area contributed by atoms with Crippen molar-refractivity contribution < 1.29 is 4.79 Å². The van der Waals surface area contributed by atoms with E-state index in [-0.39, 0.29) is 5.82 Å². The Morgan fingerprint density at radius 3 is 2.83 bits per heavy atom. The summed E-state index contributed by atoms with van der Waals surface area (Å²) in [5.41, 5.74) is 11.0. The van der Waals surface area contributed by atoms with Crippen LogP contribution < -0.4 is 11.5 Å². The van der Waals surface area contributed by atoms with Crippen molar-refractivity contribution in [1.82, 2.24) is 9.97 Å². The lowest BCUT2D eigenvalue weighted by molar-refractivity contribution is 0.111. The van der Waals surface area contributed by atoms with Gasteiger partial charge in [0.2, 0.25) is 0 Å². The number of imidazole rings is 1. The van der Waals surface area contributed by atoms with Crippen molar-refractivity contribution in [3.8, 4) is 0 Å². The highest BCUT2D eigenvalue weighted by atomic mass is 16.1. The third-order valence-corrected chi connectivity index (χ3v) is 1.79. The minimum Gasteiger partial charge on any atom is -0.337 e. The summed E-state index contributed by atoms with van der Waals surface area (Å²) in [6.07, 6.45) is 2.68. The fraction of sp³-hybridized carbons (Fsp3) is 0.429. The average molecular weight is 168 g/mol. The number of H-pyrrole nitrogens is 1. The van der Waals surface area contributed by atoms with E-state index in [0.717, 1.165) is 0 Å². The van der Waals surface area contributed by atoms with Crippen LogP contribution >= 0.6 is 0 Å². The lowest BCUT2D eigenvalue weighted by Crippen LogP contribution is -2.45. The maximum absolute atomic E-state index is 10.3. The highest BCUT2D eigenvalue weighted by molar-refractivity contribution is 5.68. The number of nitrogens with two attached hydrogens (primary N) is 2. The molecule has 12 heavy (non-hydrogen) atoms. The molecule has 1 aromatic rings. The monoisotopic (exact) mass is 168 g/mol. The van der Waals surface area contributed by atoms with Crippen molar-refractivity contribution in [1.29, 1.82) is 0 Å². The fourth-order valence-corrected chi connectivity index (χ4v) is 0.824. The van der Waals surface area contributed by atoms with E-state index in [1.165, 1.54) is 6.20 Å². The van der Waals surface area contributed by atoms with Gasteiger partial charge >= 0.3 is 0 Å². The van der Waals surface area contributed by atoms with Gasteiger partial charge in [0.1, 0.15) is 5.66 Å². The summed E-state index contributed by atoms with van der Waals surface area (Å²) in [6.45, 7) is 1.86. The molecule has 0 saturated heterocycles. The predicted molar refractivity (Wildman–Crippen MR) is 44.3 cm³/mol. The van der Waals surface area contributed by atoms with Gasteiger partial charge in [0.15, 0.2) is 12.1 Å². The van der Waals surface area contributed by atoms with Gasteiger partial charge in [0, 0.05) is 0 Å². The second-order valence-corrected chi connectivity index (χ2v) is 2.69. The number of aromatic amines is 1. The summed E-state index contributed by atoms with van der Waals surface area (Å²) < 4.78 is 0. The topological polar surface area (TPSA) is 97.8 Å². The molecule has 0 bridgehead atoms. The molecule has 0 spiro atoms. The molecule has 0 radical (unpaired) electrons. The Labute approximate surface area is 70.2 Å². The van der Waals surface area contributed by atoms with Crippen molar-refractivity contribution in [2.45, 2.75) is 19.0 Å². The van der Waals surface area contributed by atoms with E-state index in [0.29, 0.717) is 18.4 Å². The number of aldehydes is 1. The zero-order valence-corrected chi connectivity index (χ0v) is 6.87. The SMILES string of the molecule is CCC(N)(N)c1cnc(C=O)[nH]1. The number of hydrogen-bond acceptors (Lipinski definition) is 4. The molecule has 0 aliphatic rings. The van der Waals surface area contributed by atoms with Gasteiger partial charge in [-0.05, 0) is 6.42 Å². The Kier molecular flexibility index (Phi) is 2.25. The fourth-order valence-electron chi connectivity index (χ4n) is 0.824. The molecule has 66 valence electrons. The molecule has 1 heterocycles. The predicted octanol–water partition coefficient (Wildman–Crippen LogP) is -0.298. The molecule has 0 aromatic carbocycles. The van der Waals surface area contributed by atoms with Gasteiger partial charge in [-0.1, -0.05) is 6.92 Å². The Bertz CT molecular complexity index is 279. The molecule has 0 unspecified atom stereocenters. The average Bonchev–Trinajstić information content (AvgIpc) is 2.52. The minimum atomic E-state index is -0.922. The molecule has 0 atom stereocenters. The maximum atomic E-state index is 10.3. The van der Waals surface area contributed by atoms with Crippen LogP contribution in [-0.2, 0) is 5.66 Å². The lowest BCUT2D eigenvalue weighted by Gasteiger charge is -2.20. The zero-order chi connectivity index (χ0) is 9.19. The molecule has 0 saturated carbocycles. The van der Waals surface area contributed by atoms with Crippen molar-refractivity contribution in [3.63, 3.8) is 0 Å². The van der Waals surface area contributed by atoms with Crippen LogP contribution in [0.5, 0.6) is 0 Å². The van der Waals surface area contributed by atoms with Crippen LogP contribution in [0.2, 0.25) is 0 Å². The first-order valence-electron chi connectivity index (χ1n) is 3.68. The lowest BCUT2D eigenvalue weighted by atomic mass is 10.1. The van der Waals surface area contributed by atoms with Crippen molar-refractivity contribution in [2.24, 2.45) is 11.5 Å². The van der Waals surface area contributed by atoms with Crippen LogP contribution in [0.3, 0.4) is 0 Å². The summed E-state index contributed by atoms with van der Waals surface area (Å²) in [4.78, 5) is 16.7. The summed E-state index contributed by atoms with van der Waals surface area (Å²) in [6, 6.07) is 0. The number of rotatable bonds is 3. The third kappa shape index (κ3) is 1.51. The summed E-state index contributed by atoms with van der Waals surface area (Å²) in [5.74, 6) is 0.249. The molecule has 5 N–H and O–H groups in total. The first-order valence-corrected chi connectivity index (χ1v) is 3.68. The van der Waals surface area contributed by atoms with Crippen molar-refractivity contribution >= 4 is 6.29 Å². The summed E-state index contributed by atoms with van der Waals surface area (Å²) >= 11 is 0. The molecule has 1 aromatic heterocycles. The highest BCUT2D eigenvalue weighted by Crippen LogP contribution is 2.12. The van der Waals surface area contributed by atoms with E-state index in [1.54, 1.807) is 0 Å². The van der Waals surface area contributed by atoms with Gasteiger partial charge in [-0.25, -0.2) is 4.98 Å². The van der Waals surface area contributed by atoms with Crippen LogP contribution in [0.4, 0.5) is 0 Å². The van der Waals surface area contributed by atoms with Crippen LogP contribution in [0.1, 0.15) is 29.7 Å². The van der Waals surface area contributed by atoms with Gasteiger partial charge in [-0.15, -0.1) is 0 Å². The standard InChI is InChI=1S/C7H12N4O/c1-2-7(8,9)5-3-10-6(4-12)11-5/h3-4H,2,8-9H2,1H3,(H,10,11). The summed E-state index contributed by atoms with van der Waals surface area (Å²) in [7, 11) is 0. The normalized spacial score (nSPS) is 11.6. The van der Waals surface area contributed by atoms with Gasteiger partial charge in [0.05, 0.1) is 11.9 Å². The number of carbonyl (C=O) groups is 1. The number of hydrogen-bond donors (Lipinski definition) is 3. The van der Waals surface area contributed by atoms with E-state index in [4.69, 9.17) is 11.5 Å². The van der Waals surface area contributed by atoms with E-state index in [1.807, 2.05) is 6.92 Å². The van der Waals surface area contributed by atoms with Crippen LogP contribution in [0, 0.1) is 0 Å². The molecule has 5 nitrogen and oxygen atoms in total. The van der Waals surface area contributed by atoms with E-state index in [9.17, 15) is 4.79 Å². The van der Waals surface area contributed by atoms with Crippen LogP contribution in [-0.4, -0.2) is 16.3 Å². The molecule has 0 amide bonds. The van der Waals surface area contributed by atoms with E-state index >= 15 is 0 Å². The first-order chi connectivity index (χ1) is 5.60. The Morgan fingerprint density at radius 1 is 1.75 bits per heavy atom. The highest BCUT2D eigenvalue weighted by Gasteiger charge is 2.21. The van der Waals surface area contributed by atoms with Crippen LogP contribution in [0.25, 0.3) is 0 Å². The zero-order valence-electron chi connectivity index (χ0n) is 6.87. The molecular formula is C7H12N4O. The molecule has 0 aliphatic heterocycles. The van der Waals surface area contributed by atoms with Crippen LogP contribution in [0.15, 0.2) is 6.20 Å². The molecule has 0 aliphatic carbocycles. The van der Waals surface area contributed by atoms with Crippen molar-refractivity contribution in [3.05, 3.63) is 17.7 Å². The molecular weight excluding hydrogens is 156 g/mol. The Morgan fingerprint density at radius 2 is 2.42 bits per heavy atom. The summed E-state index contributed by atoms with van der Waals surface area (Å²) in [5, 5.41) is 0. The van der Waals surface area contributed by atoms with Gasteiger partial charge in [-0.2, -0.15) is 0 Å². The number of nitrogens with zero attached hydrogens (tertiary/aromatic N) is 1. The maximum Gasteiger partial charge on any atom is 0.185 e. The molecule has 5 heteroatoms. The number of carbonyl (C=O) groups excluding carboxylic acids is 1. The third-order valence-electron chi connectivity index (χ3n) is 1.79. The smallest absolute Gasteiger partial charge is 0.185 e. The Hall–Kier alpha value is -1.20. The molecule has 1 rings (SSSR count). The largest absolute Gasteiger partial charge is 0.337 e. The Balaban J connectivity index is 2.95. The number of aromatic nitrogens is 2. The second kappa shape index (κ2) is 3.04. The first kappa shape index (κ1) is 8.89. The van der Waals surface area contributed by atoms with Gasteiger partial charge in [-0.3, -0.25) is 4.79 Å². The van der Waals surface area contributed by atoms with E-state index in [2.05, 4.69) is 9.97 Å². The quantitative estimate of drug-likeness (QED) is 0.426. The van der Waals surface area contributed by atoms with Gasteiger partial charge in [0.25, 0.3) is 0 Å². The van der Waals surface area contributed by atoms with E-state index < -0.39 is 5.66 Å². The van der Waals surface area contributed by atoms with Crippen molar-refractivity contribution in [2.75, 3.05) is 0 Å². The van der Waals surface area contributed by atoms with Gasteiger partial charge < -0.3 is 16.5 Å².